The molecule has 0 saturated heterocycles. The van der Waals surface area contributed by atoms with Crippen molar-refractivity contribution in [1.82, 2.24) is 0 Å². The number of hydrogen-bond donors (Lipinski definition) is 2. The highest BCUT2D eigenvalue weighted by Crippen LogP contribution is 2.24. The van der Waals surface area contributed by atoms with E-state index in [9.17, 15) is 9.59 Å². The monoisotopic (exact) mass is 282 g/mol. The molecular weight excluding hydrogens is 266 g/mol. The fraction of sp³-hybridized carbons (Fsp3) is 0.118. The summed E-state index contributed by atoms with van der Waals surface area (Å²) in [6.45, 7) is 3.92. The first-order valence-electron chi connectivity index (χ1n) is 6.59. The number of carboxylic acid groups (broad SMARTS) is 1. The van der Waals surface area contributed by atoms with Gasteiger partial charge in [-0.25, -0.2) is 0 Å². The number of aliphatic carboxylic acids is 1. The minimum Gasteiger partial charge on any atom is -0.481 e. The second-order valence-corrected chi connectivity index (χ2v) is 4.68. The molecule has 0 fully saturated rings. The Morgan fingerprint density at radius 2 is 1.71 bits per heavy atom. The standard InChI is InChI=1S/C17H16NO3/c1-12-11-14(13-5-3-2-4-6-13)7-8-15(12)18-16(19)9-10-17(20)21/h2-8,11H,1,9-10H2,(H,18,19)(H,20,21). The molecule has 0 bridgehead atoms. The van der Waals surface area contributed by atoms with E-state index >= 15 is 0 Å². The van der Waals surface area contributed by atoms with Crippen molar-refractivity contribution < 1.29 is 14.7 Å². The van der Waals surface area contributed by atoms with E-state index in [1.807, 2.05) is 42.5 Å². The van der Waals surface area contributed by atoms with Gasteiger partial charge in [0.15, 0.2) is 0 Å². The molecule has 0 unspecified atom stereocenters. The van der Waals surface area contributed by atoms with Gasteiger partial charge in [-0.2, -0.15) is 0 Å². The van der Waals surface area contributed by atoms with Crippen LogP contribution in [0.4, 0.5) is 5.69 Å². The number of carbonyl (C=O) groups excluding carboxylic acids is 1. The van der Waals surface area contributed by atoms with E-state index in [0.717, 1.165) is 11.1 Å². The predicted molar refractivity (Wildman–Crippen MR) is 81.8 cm³/mol. The van der Waals surface area contributed by atoms with Crippen LogP contribution in [0.1, 0.15) is 18.4 Å². The Morgan fingerprint density at radius 1 is 1.00 bits per heavy atom. The van der Waals surface area contributed by atoms with Crippen molar-refractivity contribution in [1.29, 1.82) is 0 Å². The fourth-order valence-corrected chi connectivity index (χ4v) is 1.96. The Morgan fingerprint density at radius 3 is 2.33 bits per heavy atom. The van der Waals surface area contributed by atoms with Crippen molar-refractivity contribution in [3.8, 4) is 11.1 Å². The van der Waals surface area contributed by atoms with E-state index in [0.29, 0.717) is 11.3 Å². The summed E-state index contributed by atoms with van der Waals surface area (Å²) in [5, 5.41) is 11.2. The molecule has 0 aromatic heterocycles. The molecule has 1 radical (unpaired) electrons. The zero-order valence-corrected chi connectivity index (χ0v) is 11.5. The minimum absolute atomic E-state index is 0.0464. The molecule has 0 aliphatic heterocycles. The lowest BCUT2D eigenvalue weighted by Gasteiger charge is -2.10. The van der Waals surface area contributed by atoms with Crippen LogP contribution in [0.25, 0.3) is 11.1 Å². The van der Waals surface area contributed by atoms with Gasteiger partial charge in [0, 0.05) is 12.1 Å². The van der Waals surface area contributed by atoms with E-state index < -0.39 is 5.97 Å². The second kappa shape index (κ2) is 6.70. The van der Waals surface area contributed by atoms with E-state index in [4.69, 9.17) is 5.11 Å². The number of rotatable bonds is 5. The van der Waals surface area contributed by atoms with Crippen LogP contribution in [0.15, 0.2) is 48.5 Å². The quantitative estimate of drug-likeness (QED) is 0.883. The summed E-state index contributed by atoms with van der Waals surface area (Å²) in [5.41, 5.74) is 3.39. The number of amides is 1. The topological polar surface area (TPSA) is 66.4 Å². The third-order valence-corrected chi connectivity index (χ3v) is 3.05. The van der Waals surface area contributed by atoms with Gasteiger partial charge >= 0.3 is 5.97 Å². The summed E-state index contributed by atoms with van der Waals surface area (Å²) in [5.74, 6) is -1.31. The molecule has 1 amide bonds. The van der Waals surface area contributed by atoms with Crippen molar-refractivity contribution in [3.63, 3.8) is 0 Å². The summed E-state index contributed by atoms with van der Waals surface area (Å²) in [6, 6.07) is 15.4. The van der Waals surface area contributed by atoms with Crippen molar-refractivity contribution in [3.05, 3.63) is 61.0 Å². The molecule has 21 heavy (non-hydrogen) atoms. The third kappa shape index (κ3) is 4.18. The van der Waals surface area contributed by atoms with Gasteiger partial charge in [0.1, 0.15) is 0 Å². The van der Waals surface area contributed by atoms with E-state index in [1.165, 1.54) is 0 Å². The van der Waals surface area contributed by atoms with Crippen LogP contribution >= 0.6 is 0 Å². The number of carbonyl (C=O) groups is 2. The molecular formula is C17H16NO3. The second-order valence-electron chi connectivity index (χ2n) is 4.68. The van der Waals surface area contributed by atoms with Gasteiger partial charge < -0.3 is 10.4 Å². The Labute approximate surface area is 123 Å². The molecule has 2 N–H and O–H groups in total. The molecule has 0 atom stereocenters. The van der Waals surface area contributed by atoms with Gasteiger partial charge in [0.05, 0.1) is 6.42 Å². The predicted octanol–water partition coefficient (Wildman–Crippen LogP) is 3.34. The Kier molecular flexibility index (Phi) is 4.72. The van der Waals surface area contributed by atoms with E-state index in [2.05, 4.69) is 12.2 Å². The number of anilines is 1. The van der Waals surface area contributed by atoms with Gasteiger partial charge in [-0.3, -0.25) is 9.59 Å². The molecule has 4 heteroatoms. The summed E-state index contributed by atoms with van der Waals surface area (Å²) >= 11 is 0. The van der Waals surface area contributed by atoms with Crippen LogP contribution in [-0.2, 0) is 9.59 Å². The first kappa shape index (κ1) is 14.8. The highest BCUT2D eigenvalue weighted by atomic mass is 16.4. The smallest absolute Gasteiger partial charge is 0.303 e. The van der Waals surface area contributed by atoms with Crippen LogP contribution in [0.3, 0.4) is 0 Å². The van der Waals surface area contributed by atoms with Crippen molar-refractivity contribution in [2.75, 3.05) is 5.32 Å². The average Bonchev–Trinajstić information content (AvgIpc) is 2.48. The maximum atomic E-state index is 11.6. The Bertz CT molecular complexity index is 650. The van der Waals surface area contributed by atoms with Gasteiger partial charge in [-0.1, -0.05) is 36.4 Å². The molecule has 107 valence electrons. The number of benzene rings is 2. The van der Waals surface area contributed by atoms with Crippen LogP contribution in [0.5, 0.6) is 0 Å². The maximum absolute atomic E-state index is 11.6. The van der Waals surface area contributed by atoms with E-state index in [1.54, 1.807) is 6.07 Å². The summed E-state index contributed by atoms with van der Waals surface area (Å²) in [4.78, 5) is 22.1. The highest BCUT2D eigenvalue weighted by molar-refractivity contribution is 5.93. The number of nitrogens with one attached hydrogen (secondary N) is 1. The summed E-state index contributed by atoms with van der Waals surface area (Å²) in [7, 11) is 0. The van der Waals surface area contributed by atoms with Crippen molar-refractivity contribution in [2.24, 2.45) is 0 Å². The first-order chi connectivity index (χ1) is 10.1. The van der Waals surface area contributed by atoms with Crippen LogP contribution in [-0.4, -0.2) is 17.0 Å². The summed E-state index contributed by atoms with van der Waals surface area (Å²) in [6.07, 6.45) is -0.227. The SMILES string of the molecule is [CH2]c1cc(-c2ccccc2)ccc1NC(=O)CCC(=O)O. The number of carboxylic acids is 1. The Hall–Kier alpha value is -2.62. The van der Waals surface area contributed by atoms with Gasteiger partial charge in [0.2, 0.25) is 5.91 Å². The molecule has 4 nitrogen and oxygen atoms in total. The van der Waals surface area contributed by atoms with Crippen molar-refractivity contribution in [2.45, 2.75) is 12.8 Å². The van der Waals surface area contributed by atoms with E-state index in [-0.39, 0.29) is 18.7 Å². The van der Waals surface area contributed by atoms with Crippen LogP contribution in [0.2, 0.25) is 0 Å². The average molecular weight is 282 g/mol. The molecule has 0 heterocycles. The molecule has 0 aliphatic rings. The lowest BCUT2D eigenvalue weighted by atomic mass is 10.0. The Balaban J connectivity index is 2.09. The molecule has 0 aliphatic carbocycles. The largest absolute Gasteiger partial charge is 0.481 e. The first-order valence-corrected chi connectivity index (χ1v) is 6.59. The fourth-order valence-electron chi connectivity index (χ4n) is 1.96. The van der Waals surface area contributed by atoms with Gasteiger partial charge in [-0.15, -0.1) is 0 Å². The van der Waals surface area contributed by atoms with Crippen LogP contribution in [0, 0.1) is 6.92 Å². The van der Waals surface area contributed by atoms with Gasteiger partial charge in [-0.05, 0) is 35.7 Å². The summed E-state index contributed by atoms with van der Waals surface area (Å²) < 4.78 is 0. The van der Waals surface area contributed by atoms with Gasteiger partial charge in [0.25, 0.3) is 0 Å². The van der Waals surface area contributed by atoms with Crippen LogP contribution < -0.4 is 5.32 Å². The third-order valence-electron chi connectivity index (χ3n) is 3.05. The molecule has 2 aromatic carbocycles. The molecule has 2 aromatic rings. The lowest BCUT2D eigenvalue weighted by Crippen LogP contribution is -2.13. The maximum Gasteiger partial charge on any atom is 0.303 e. The molecule has 0 saturated carbocycles. The number of hydrogen-bond acceptors (Lipinski definition) is 2. The zero-order chi connectivity index (χ0) is 15.2. The van der Waals surface area contributed by atoms with Crippen molar-refractivity contribution >= 4 is 17.6 Å². The minimum atomic E-state index is -0.987. The highest BCUT2D eigenvalue weighted by Gasteiger charge is 2.08. The lowest BCUT2D eigenvalue weighted by molar-refractivity contribution is -0.138. The normalized spacial score (nSPS) is 10.1. The molecule has 2 rings (SSSR count). The zero-order valence-electron chi connectivity index (χ0n) is 11.5. The molecule has 0 spiro atoms.